The van der Waals surface area contributed by atoms with E-state index in [1.807, 2.05) is 0 Å². The predicted octanol–water partition coefficient (Wildman–Crippen LogP) is 3.22. The van der Waals surface area contributed by atoms with Gasteiger partial charge in [-0.1, -0.05) is 60.2 Å². The lowest BCUT2D eigenvalue weighted by molar-refractivity contribution is 0.324. The van der Waals surface area contributed by atoms with Crippen molar-refractivity contribution in [1.29, 1.82) is 0 Å². The van der Waals surface area contributed by atoms with E-state index in [0.717, 1.165) is 26.2 Å². The molecule has 0 atom stereocenters. The molecule has 106 valence electrons. The van der Waals surface area contributed by atoms with Crippen LogP contribution in [0.2, 0.25) is 0 Å². The lowest BCUT2D eigenvalue weighted by atomic mass is 10.1. The summed E-state index contributed by atoms with van der Waals surface area (Å²) in [6.45, 7) is 6.16. The van der Waals surface area contributed by atoms with E-state index in [1.165, 1.54) is 16.7 Å². The van der Waals surface area contributed by atoms with Gasteiger partial charge >= 0.3 is 0 Å². The number of rotatable bonds is 7. The summed E-state index contributed by atoms with van der Waals surface area (Å²) in [5.41, 5.74) is 4.06. The first-order chi connectivity index (χ1) is 9.74. The standard InChI is InChI=1S/C18H24N2/c1-16-7-6-10-18(13-16)15-20(2)12-11-19-14-17-8-4-3-5-9-17/h3-10,13,19H,11-12,14-15H2,1-2H3. The van der Waals surface area contributed by atoms with Crippen LogP contribution in [0, 0.1) is 6.92 Å². The molecule has 0 aliphatic heterocycles. The third-order valence-corrected chi connectivity index (χ3v) is 3.38. The third kappa shape index (κ3) is 5.16. The fourth-order valence-corrected chi connectivity index (χ4v) is 2.30. The van der Waals surface area contributed by atoms with Crippen LogP contribution in [-0.2, 0) is 13.1 Å². The van der Waals surface area contributed by atoms with Crippen molar-refractivity contribution < 1.29 is 0 Å². The summed E-state index contributed by atoms with van der Waals surface area (Å²) in [6.07, 6.45) is 0. The van der Waals surface area contributed by atoms with Gasteiger partial charge in [-0.05, 0) is 25.1 Å². The summed E-state index contributed by atoms with van der Waals surface area (Å²) in [7, 11) is 2.17. The molecule has 2 nitrogen and oxygen atoms in total. The molecule has 0 heterocycles. The van der Waals surface area contributed by atoms with Gasteiger partial charge in [0.15, 0.2) is 0 Å². The van der Waals surface area contributed by atoms with Gasteiger partial charge < -0.3 is 10.2 Å². The molecular formula is C18H24N2. The molecule has 0 saturated heterocycles. The maximum absolute atomic E-state index is 3.49. The van der Waals surface area contributed by atoms with Gasteiger partial charge in [0, 0.05) is 26.2 Å². The monoisotopic (exact) mass is 268 g/mol. The van der Waals surface area contributed by atoms with Gasteiger partial charge in [0.2, 0.25) is 0 Å². The topological polar surface area (TPSA) is 15.3 Å². The first-order valence-corrected chi connectivity index (χ1v) is 7.23. The summed E-state index contributed by atoms with van der Waals surface area (Å²) in [4.78, 5) is 2.35. The summed E-state index contributed by atoms with van der Waals surface area (Å²) >= 11 is 0. The van der Waals surface area contributed by atoms with Crippen LogP contribution in [0.4, 0.5) is 0 Å². The second-order valence-corrected chi connectivity index (χ2v) is 5.39. The van der Waals surface area contributed by atoms with Gasteiger partial charge in [0.25, 0.3) is 0 Å². The van der Waals surface area contributed by atoms with Crippen molar-refractivity contribution in [2.75, 3.05) is 20.1 Å². The summed E-state index contributed by atoms with van der Waals surface area (Å²) in [5, 5.41) is 3.49. The van der Waals surface area contributed by atoms with Crippen molar-refractivity contribution in [2.45, 2.75) is 20.0 Å². The Bertz CT molecular complexity index is 508. The number of hydrogen-bond acceptors (Lipinski definition) is 2. The fraction of sp³-hybridized carbons (Fsp3) is 0.333. The lowest BCUT2D eigenvalue weighted by Gasteiger charge is -2.17. The molecular weight excluding hydrogens is 244 g/mol. The van der Waals surface area contributed by atoms with Crippen molar-refractivity contribution in [3.63, 3.8) is 0 Å². The molecule has 0 radical (unpaired) electrons. The zero-order valence-electron chi connectivity index (χ0n) is 12.5. The second-order valence-electron chi connectivity index (χ2n) is 5.39. The SMILES string of the molecule is Cc1cccc(CN(C)CCNCc2ccccc2)c1. The molecule has 2 heteroatoms. The summed E-state index contributed by atoms with van der Waals surface area (Å²) in [6, 6.07) is 19.3. The van der Waals surface area contributed by atoms with Gasteiger partial charge in [0.05, 0.1) is 0 Å². The minimum Gasteiger partial charge on any atom is -0.311 e. The van der Waals surface area contributed by atoms with E-state index in [9.17, 15) is 0 Å². The largest absolute Gasteiger partial charge is 0.311 e. The van der Waals surface area contributed by atoms with Gasteiger partial charge in [-0.15, -0.1) is 0 Å². The smallest absolute Gasteiger partial charge is 0.0231 e. The highest BCUT2D eigenvalue weighted by atomic mass is 15.1. The molecule has 2 rings (SSSR count). The highest BCUT2D eigenvalue weighted by molar-refractivity contribution is 5.22. The van der Waals surface area contributed by atoms with E-state index in [1.54, 1.807) is 0 Å². The Labute approximate surface area is 122 Å². The Kier molecular flexibility index (Phi) is 5.78. The van der Waals surface area contributed by atoms with Crippen LogP contribution in [0.1, 0.15) is 16.7 Å². The van der Waals surface area contributed by atoms with Crippen molar-refractivity contribution in [3.05, 3.63) is 71.3 Å². The highest BCUT2D eigenvalue weighted by Gasteiger charge is 2.00. The molecule has 0 bridgehead atoms. The predicted molar refractivity (Wildman–Crippen MR) is 85.7 cm³/mol. The number of benzene rings is 2. The Morgan fingerprint density at radius 3 is 2.45 bits per heavy atom. The van der Waals surface area contributed by atoms with E-state index in [2.05, 4.69) is 78.8 Å². The van der Waals surface area contributed by atoms with Crippen LogP contribution < -0.4 is 5.32 Å². The molecule has 2 aromatic rings. The zero-order valence-corrected chi connectivity index (χ0v) is 12.5. The number of aryl methyl sites for hydroxylation is 1. The van der Waals surface area contributed by atoms with Crippen LogP contribution in [0.25, 0.3) is 0 Å². The number of hydrogen-bond donors (Lipinski definition) is 1. The van der Waals surface area contributed by atoms with E-state index >= 15 is 0 Å². The van der Waals surface area contributed by atoms with Crippen molar-refractivity contribution >= 4 is 0 Å². The number of nitrogens with zero attached hydrogens (tertiary/aromatic N) is 1. The molecule has 0 fully saturated rings. The third-order valence-electron chi connectivity index (χ3n) is 3.38. The van der Waals surface area contributed by atoms with Crippen molar-refractivity contribution in [1.82, 2.24) is 10.2 Å². The van der Waals surface area contributed by atoms with Crippen LogP contribution in [0.3, 0.4) is 0 Å². The molecule has 0 aliphatic rings. The normalized spacial score (nSPS) is 10.9. The van der Waals surface area contributed by atoms with Gasteiger partial charge in [-0.3, -0.25) is 0 Å². The lowest BCUT2D eigenvalue weighted by Crippen LogP contribution is -2.28. The van der Waals surface area contributed by atoms with Gasteiger partial charge in [0.1, 0.15) is 0 Å². The zero-order chi connectivity index (χ0) is 14.2. The molecule has 20 heavy (non-hydrogen) atoms. The van der Waals surface area contributed by atoms with Gasteiger partial charge in [-0.2, -0.15) is 0 Å². The number of nitrogens with one attached hydrogen (secondary N) is 1. The first-order valence-electron chi connectivity index (χ1n) is 7.23. The fourth-order valence-electron chi connectivity index (χ4n) is 2.30. The Balaban J connectivity index is 1.66. The molecule has 0 aromatic heterocycles. The maximum atomic E-state index is 3.49. The molecule has 0 saturated carbocycles. The minimum absolute atomic E-state index is 0.944. The van der Waals surface area contributed by atoms with E-state index in [0.29, 0.717) is 0 Å². The first kappa shape index (κ1) is 14.8. The van der Waals surface area contributed by atoms with Crippen molar-refractivity contribution in [3.8, 4) is 0 Å². The van der Waals surface area contributed by atoms with E-state index in [-0.39, 0.29) is 0 Å². The minimum atomic E-state index is 0.944. The molecule has 0 amide bonds. The van der Waals surface area contributed by atoms with Crippen LogP contribution in [-0.4, -0.2) is 25.0 Å². The highest BCUT2D eigenvalue weighted by Crippen LogP contribution is 2.06. The molecule has 0 spiro atoms. The van der Waals surface area contributed by atoms with Crippen LogP contribution in [0.5, 0.6) is 0 Å². The van der Waals surface area contributed by atoms with E-state index < -0.39 is 0 Å². The average Bonchev–Trinajstić information content (AvgIpc) is 2.45. The molecule has 2 aromatic carbocycles. The summed E-state index contributed by atoms with van der Waals surface area (Å²) in [5.74, 6) is 0. The quantitative estimate of drug-likeness (QED) is 0.776. The van der Waals surface area contributed by atoms with E-state index in [4.69, 9.17) is 0 Å². The molecule has 1 N–H and O–H groups in total. The van der Waals surface area contributed by atoms with Crippen molar-refractivity contribution in [2.24, 2.45) is 0 Å². The van der Waals surface area contributed by atoms with Gasteiger partial charge in [-0.25, -0.2) is 0 Å². The second kappa shape index (κ2) is 7.83. The number of likely N-dealkylation sites (N-methyl/N-ethyl adjacent to an activating group) is 1. The summed E-state index contributed by atoms with van der Waals surface area (Å²) < 4.78 is 0. The Hall–Kier alpha value is -1.64. The Morgan fingerprint density at radius 1 is 0.950 bits per heavy atom. The average molecular weight is 268 g/mol. The maximum Gasteiger partial charge on any atom is 0.0231 e. The Morgan fingerprint density at radius 2 is 1.70 bits per heavy atom. The van der Waals surface area contributed by atoms with Crippen LogP contribution in [0.15, 0.2) is 54.6 Å². The molecule has 0 unspecified atom stereocenters. The van der Waals surface area contributed by atoms with Crippen LogP contribution >= 0.6 is 0 Å². The molecule has 0 aliphatic carbocycles.